The van der Waals surface area contributed by atoms with Crippen molar-refractivity contribution in [3.63, 3.8) is 0 Å². The molecular formula is C21H19N3O2S2. The van der Waals surface area contributed by atoms with Gasteiger partial charge in [0.25, 0.3) is 10.0 Å². The first-order valence-corrected chi connectivity index (χ1v) is 11.6. The highest BCUT2D eigenvalue weighted by Gasteiger charge is 2.18. The number of aromatic nitrogens is 2. The summed E-state index contributed by atoms with van der Waals surface area (Å²) in [4.78, 5) is 5.84. The van der Waals surface area contributed by atoms with Crippen LogP contribution in [0.4, 0.5) is 5.69 Å². The summed E-state index contributed by atoms with van der Waals surface area (Å²) < 4.78 is 30.3. The maximum atomic E-state index is 12.8. The molecule has 2 aromatic carbocycles. The number of hydrogen-bond donors (Lipinski definition) is 1. The fraction of sp³-hybridized carbons (Fsp3) is 0.190. The molecular weight excluding hydrogens is 390 g/mol. The molecule has 0 saturated heterocycles. The molecule has 2 heterocycles. The van der Waals surface area contributed by atoms with E-state index < -0.39 is 10.0 Å². The zero-order valence-corrected chi connectivity index (χ0v) is 16.8. The molecule has 1 aliphatic rings. The molecule has 0 amide bonds. The number of thiazole rings is 1. The highest BCUT2D eigenvalue weighted by atomic mass is 32.2. The van der Waals surface area contributed by atoms with Crippen molar-refractivity contribution >= 4 is 32.0 Å². The maximum Gasteiger partial charge on any atom is 0.261 e. The first-order chi connectivity index (χ1) is 13.6. The van der Waals surface area contributed by atoms with Crippen LogP contribution in [-0.4, -0.2) is 17.8 Å². The van der Waals surface area contributed by atoms with Crippen molar-refractivity contribution in [3.05, 3.63) is 71.4 Å². The molecule has 0 fully saturated rings. The van der Waals surface area contributed by atoms with Crippen LogP contribution in [-0.2, 0) is 22.9 Å². The van der Waals surface area contributed by atoms with E-state index in [1.165, 1.54) is 12.0 Å². The number of hydrogen-bond acceptors (Lipinski definition) is 4. The van der Waals surface area contributed by atoms with Gasteiger partial charge in [-0.05, 0) is 61.1 Å². The van der Waals surface area contributed by atoms with Gasteiger partial charge in [0.1, 0.15) is 0 Å². The van der Waals surface area contributed by atoms with Crippen LogP contribution in [0.15, 0.2) is 65.1 Å². The zero-order valence-electron chi connectivity index (χ0n) is 15.1. The number of sulfonamides is 1. The molecule has 0 aliphatic heterocycles. The molecule has 0 bridgehead atoms. The molecule has 142 valence electrons. The van der Waals surface area contributed by atoms with Crippen LogP contribution < -0.4 is 4.72 Å². The van der Waals surface area contributed by atoms with Gasteiger partial charge in [-0.25, -0.2) is 13.4 Å². The summed E-state index contributed by atoms with van der Waals surface area (Å²) in [6.45, 7) is 0. The van der Waals surface area contributed by atoms with Gasteiger partial charge < -0.3 is 0 Å². The third kappa shape index (κ3) is 3.21. The van der Waals surface area contributed by atoms with Gasteiger partial charge >= 0.3 is 0 Å². The standard InChI is InChI=1S/C21H19N3O2S2/c25-28(26,19-10-7-15-3-1-2-4-17(15)13-19)23-18-8-5-16(6-9-18)20-14-24-11-12-27-21(24)22-20/h5-14,23H,1-4H2. The van der Waals surface area contributed by atoms with E-state index in [0.29, 0.717) is 10.6 Å². The number of nitrogens with one attached hydrogen (secondary N) is 1. The normalized spacial score (nSPS) is 14.1. The van der Waals surface area contributed by atoms with E-state index in [4.69, 9.17) is 0 Å². The molecule has 7 heteroatoms. The Kier molecular flexibility index (Phi) is 4.21. The SMILES string of the molecule is O=S(=O)(Nc1ccc(-c2cn3ccsc3n2)cc1)c1ccc2c(c1)CCCC2. The molecule has 0 saturated carbocycles. The minimum absolute atomic E-state index is 0.326. The molecule has 1 N–H and O–H groups in total. The summed E-state index contributed by atoms with van der Waals surface area (Å²) in [5.74, 6) is 0. The first-order valence-electron chi connectivity index (χ1n) is 9.26. The van der Waals surface area contributed by atoms with E-state index in [1.807, 2.05) is 46.4 Å². The summed E-state index contributed by atoms with van der Waals surface area (Å²) in [6, 6.07) is 12.8. The highest BCUT2D eigenvalue weighted by molar-refractivity contribution is 7.92. The van der Waals surface area contributed by atoms with Crippen LogP contribution in [0.2, 0.25) is 0 Å². The predicted molar refractivity (Wildman–Crippen MR) is 112 cm³/mol. The van der Waals surface area contributed by atoms with E-state index in [2.05, 4.69) is 9.71 Å². The smallest absolute Gasteiger partial charge is 0.261 e. The van der Waals surface area contributed by atoms with Gasteiger partial charge in [0, 0.05) is 29.0 Å². The van der Waals surface area contributed by atoms with Crippen molar-refractivity contribution in [2.24, 2.45) is 0 Å². The van der Waals surface area contributed by atoms with Gasteiger partial charge in [-0.2, -0.15) is 0 Å². The Morgan fingerprint density at radius 1 is 1.00 bits per heavy atom. The van der Waals surface area contributed by atoms with Crippen molar-refractivity contribution in [1.82, 2.24) is 9.38 Å². The van der Waals surface area contributed by atoms with Crippen LogP contribution in [0, 0.1) is 0 Å². The maximum absolute atomic E-state index is 12.8. The summed E-state index contributed by atoms with van der Waals surface area (Å²) in [7, 11) is -3.60. The second kappa shape index (κ2) is 6.76. The van der Waals surface area contributed by atoms with Crippen LogP contribution in [0.5, 0.6) is 0 Å². The molecule has 28 heavy (non-hydrogen) atoms. The second-order valence-corrected chi connectivity index (χ2v) is 9.59. The predicted octanol–water partition coefficient (Wildman–Crippen LogP) is 4.74. The average Bonchev–Trinajstić information content (AvgIpc) is 3.30. The number of benzene rings is 2. The third-order valence-corrected chi connectivity index (χ3v) is 7.31. The van der Waals surface area contributed by atoms with E-state index in [0.717, 1.165) is 41.0 Å². The Morgan fingerprint density at radius 2 is 1.79 bits per heavy atom. The second-order valence-electron chi connectivity index (χ2n) is 7.04. The first kappa shape index (κ1) is 17.5. The molecule has 5 nitrogen and oxygen atoms in total. The molecule has 1 aliphatic carbocycles. The number of imidazole rings is 1. The molecule has 0 spiro atoms. The van der Waals surface area contributed by atoms with Gasteiger partial charge in [-0.3, -0.25) is 9.12 Å². The minimum Gasteiger partial charge on any atom is -0.297 e. The Balaban J connectivity index is 1.38. The summed E-state index contributed by atoms with van der Waals surface area (Å²) >= 11 is 1.58. The van der Waals surface area contributed by atoms with Crippen LogP contribution in [0.25, 0.3) is 16.2 Å². The zero-order chi connectivity index (χ0) is 19.1. The van der Waals surface area contributed by atoms with Gasteiger partial charge in [-0.15, -0.1) is 11.3 Å². The average molecular weight is 410 g/mol. The fourth-order valence-corrected chi connectivity index (χ4v) is 5.48. The fourth-order valence-electron chi connectivity index (χ4n) is 3.67. The number of aryl methyl sites for hydroxylation is 2. The van der Waals surface area contributed by atoms with Gasteiger partial charge in [0.05, 0.1) is 10.6 Å². The van der Waals surface area contributed by atoms with Crippen LogP contribution in [0.3, 0.4) is 0 Å². The lowest BCUT2D eigenvalue weighted by Crippen LogP contribution is -2.14. The van der Waals surface area contributed by atoms with Gasteiger partial charge in [-0.1, -0.05) is 18.2 Å². The summed E-state index contributed by atoms with van der Waals surface area (Å²) in [5.41, 5.74) is 4.80. The largest absolute Gasteiger partial charge is 0.297 e. The van der Waals surface area contributed by atoms with Crippen molar-refractivity contribution in [1.29, 1.82) is 0 Å². The molecule has 5 rings (SSSR count). The summed E-state index contributed by atoms with van der Waals surface area (Å²) in [6.07, 6.45) is 8.23. The molecule has 2 aromatic heterocycles. The number of nitrogens with zero attached hydrogens (tertiary/aromatic N) is 2. The Hall–Kier alpha value is -2.64. The lowest BCUT2D eigenvalue weighted by atomic mass is 9.92. The Morgan fingerprint density at radius 3 is 2.57 bits per heavy atom. The lowest BCUT2D eigenvalue weighted by Gasteiger charge is -2.17. The van der Waals surface area contributed by atoms with Crippen molar-refractivity contribution in [2.75, 3.05) is 4.72 Å². The van der Waals surface area contributed by atoms with Crippen molar-refractivity contribution in [3.8, 4) is 11.3 Å². The quantitative estimate of drug-likeness (QED) is 0.529. The van der Waals surface area contributed by atoms with E-state index in [1.54, 1.807) is 29.5 Å². The Bertz CT molecular complexity index is 1230. The Labute approximate surface area is 167 Å². The monoisotopic (exact) mass is 409 g/mol. The molecule has 0 radical (unpaired) electrons. The highest BCUT2D eigenvalue weighted by Crippen LogP contribution is 2.27. The van der Waals surface area contributed by atoms with Crippen LogP contribution in [0.1, 0.15) is 24.0 Å². The van der Waals surface area contributed by atoms with Gasteiger partial charge in [0.2, 0.25) is 0 Å². The molecule has 0 unspecified atom stereocenters. The van der Waals surface area contributed by atoms with Crippen molar-refractivity contribution < 1.29 is 8.42 Å². The van der Waals surface area contributed by atoms with E-state index in [-0.39, 0.29) is 0 Å². The van der Waals surface area contributed by atoms with Crippen molar-refractivity contribution in [2.45, 2.75) is 30.6 Å². The van der Waals surface area contributed by atoms with E-state index >= 15 is 0 Å². The third-order valence-electron chi connectivity index (χ3n) is 5.16. The summed E-state index contributed by atoms with van der Waals surface area (Å²) in [5, 5.41) is 1.99. The number of fused-ring (bicyclic) bond motifs is 2. The number of anilines is 1. The minimum atomic E-state index is -3.60. The van der Waals surface area contributed by atoms with Gasteiger partial charge in [0.15, 0.2) is 4.96 Å². The topological polar surface area (TPSA) is 63.5 Å². The lowest BCUT2D eigenvalue weighted by molar-refractivity contribution is 0.600. The molecule has 0 atom stereocenters. The van der Waals surface area contributed by atoms with Crippen LogP contribution >= 0.6 is 11.3 Å². The molecule has 4 aromatic rings. The number of rotatable bonds is 4. The van der Waals surface area contributed by atoms with E-state index in [9.17, 15) is 8.42 Å².